The lowest BCUT2D eigenvalue weighted by Gasteiger charge is -2.18. The molecule has 156 valence electrons. The van der Waals surface area contributed by atoms with Crippen molar-refractivity contribution < 1.29 is 14.3 Å². The Labute approximate surface area is 182 Å². The van der Waals surface area contributed by atoms with E-state index in [0.29, 0.717) is 22.6 Å². The van der Waals surface area contributed by atoms with Crippen LogP contribution in [-0.4, -0.2) is 18.9 Å². The number of aryl methyl sites for hydroxylation is 2. The molecule has 0 radical (unpaired) electrons. The van der Waals surface area contributed by atoms with Crippen LogP contribution in [0.3, 0.4) is 0 Å². The summed E-state index contributed by atoms with van der Waals surface area (Å²) in [6, 6.07) is 22.5. The molecule has 3 aromatic carbocycles. The van der Waals surface area contributed by atoms with Crippen LogP contribution in [-0.2, 0) is 16.0 Å². The Morgan fingerprint density at radius 2 is 1.55 bits per heavy atom. The summed E-state index contributed by atoms with van der Waals surface area (Å²) in [6.45, 7) is 4.07. The van der Waals surface area contributed by atoms with Gasteiger partial charge < -0.3 is 10.1 Å². The molecule has 0 saturated heterocycles. The third-order valence-electron chi connectivity index (χ3n) is 5.38. The van der Waals surface area contributed by atoms with Crippen molar-refractivity contribution in [1.82, 2.24) is 0 Å². The van der Waals surface area contributed by atoms with E-state index in [1.165, 1.54) is 17.6 Å². The maximum Gasteiger partial charge on any atom is 0.282 e. The first-order valence-electron chi connectivity index (χ1n) is 10.2. The number of ether oxygens (including phenoxy) is 1. The quantitative estimate of drug-likeness (QED) is 0.581. The second kappa shape index (κ2) is 8.48. The molecule has 0 bridgehead atoms. The Morgan fingerprint density at radius 1 is 0.871 bits per heavy atom. The van der Waals surface area contributed by atoms with Crippen LogP contribution in [0.5, 0.6) is 5.75 Å². The van der Waals surface area contributed by atoms with Crippen molar-refractivity contribution in [3.8, 4) is 5.75 Å². The first kappa shape index (κ1) is 20.4. The van der Waals surface area contributed by atoms with E-state index >= 15 is 0 Å². The number of carbonyl (C=O) groups is 2. The number of nitrogens with one attached hydrogen (secondary N) is 1. The molecule has 31 heavy (non-hydrogen) atoms. The lowest BCUT2D eigenvalue weighted by molar-refractivity contribution is -0.120. The van der Waals surface area contributed by atoms with Crippen LogP contribution >= 0.6 is 0 Å². The fraction of sp³-hybridized carbons (Fsp3) is 0.154. The van der Waals surface area contributed by atoms with E-state index in [2.05, 4.69) is 12.2 Å². The highest BCUT2D eigenvalue weighted by Crippen LogP contribution is 2.37. The van der Waals surface area contributed by atoms with E-state index in [-0.39, 0.29) is 11.6 Å². The largest absolute Gasteiger partial charge is 0.495 e. The van der Waals surface area contributed by atoms with Gasteiger partial charge in [0.05, 0.1) is 18.4 Å². The van der Waals surface area contributed by atoms with Crippen molar-refractivity contribution >= 4 is 28.8 Å². The van der Waals surface area contributed by atoms with Gasteiger partial charge in [-0.1, -0.05) is 61.0 Å². The van der Waals surface area contributed by atoms with E-state index < -0.39 is 5.91 Å². The molecule has 0 atom stereocenters. The van der Waals surface area contributed by atoms with Crippen molar-refractivity contribution in [2.75, 3.05) is 17.3 Å². The number of carbonyl (C=O) groups excluding carboxylic acids is 2. The second-order valence-electron chi connectivity index (χ2n) is 7.41. The molecular weight excluding hydrogens is 388 g/mol. The van der Waals surface area contributed by atoms with Crippen LogP contribution in [0.25, 0.3) is 5.57 Å². The van der Waals surface area contributed by atoms with E-state index in [0.717, 1.165) is 17.7 Å². The lowest BCUT2D eigenvalue weighted by Crippen LogP contribution is -2.32. The van der Waals surface area contributed by atoms with E-state index in [1.54, 1.807) is 24.3 Å². The molecule has 4 rings (SSSR count). The zero-order chi connectivity index (χ0) is 22.0. The minimum Gasteiger partial charge on any atom is -0.495 e. The van der Waals surface area contributed by atoms with Gasteiger partial charge in [0.1, 0.15) is 11.4 Å². The average Bonchev–Trinajstić information content (AvgIpc) is 3.04. The van der Waals surface area contributed by atoms with E-state index in [1.807, 2.05) is 55.5 Å². The summed E-state index contributed by atoms with van der Waals surface area (Å²) in [5, 5.41) is 3.20. The Bertz CT molecular complexity index is 1160. The molecule has 1 aliphatic rings. The van der Waals surface area contributed by atoms with Crippen LogP contribution in [0.15, 0.2) is 78.5 Å². The third kappa shape index (κ3) is 3.82. The number of hydrogen-bond acceptors (Lipinski definition) is 4. The molecule has 1 aliphatic heterocycles. The number of nitrogens with zero attached hydrogens (tertiary/aromatic N) is 1. The van der Waals surface area contributed by atoms with Crippen LogP contribution < -0.4 is 15.0 Å². The summed E-state index contributed by atoms with van der Waals surface area (Å²) in [7, 11) is 1.52. The van der Waals surface area contributed by atoms with Gasteiger partial charge in [0.2, 0.25) is 0 Å². The first-order valence-corrected chi connectivity index (χ1v) is 10.2. The Balaban J connectivity index is 1.81. The smallest absolute Gasteiger partial charge is 0.282 e. The number of anilines is 2. The highest BCUT2D eigenvalue weighted by Gasteiger charge is 2.41. The molecule has 0 spiro atoms. The maximum atomic E-state index is 13.5. The van der Waals surface area contributed by atoms with Gasteiger partial charge in [0, 0.05) is 5.69 Å². The minimum absolute atomic E-state index is 0.254. The molecule has 0 aliphatic carbocycles. The first-order chi connectivity index (χ1) is 15.0. The number of benzene rings is 3. The van der Waals surface area contributed by atoms with Crippen LogP contribution in [0.1, 0.15) is 23.6 Å². The molecule has 5 nitrogen and oxygen atoms in total. The number of rotatable bonds is 6. The van der Waals surface area contributed by atoms with Crippen molar-refractivity contribution in [3.63, 3.8) is 0 Å². The van der Waals surface area contributed by atoms with Crippen LogP contribution in [0, 0.1) is 6.92 Å². The molecule has 1 heterocycles. The van der Waals surface area contributed by atoms with Gasteiger partial charge in [-0.15, -0.1) is 0 Å². The summed E-state index contributed by atoms with van der Waals surface area (Å²) >= 11 is 0. The van der Waals surface area contributed by atoms with E-state index in [9.17, 15) is 9.59 Å². The van der Waals surface area contributed by atoms with Crippen molar-refractivity contribution in [2.45, 2.75) is 20.3 Å². The van der Waals surface area contributed by atoms with Crippen molar-refractivity contribution in [3.05, 3.63) is 95.2 Å². The van der Waals surface area contributed by atoms with Gasteiger partial charge in [-0.3, -0.25) is 9.59 Å². The Morgan fingerprint density at radius 3 is 2.19 bits per heavy atom. The zero-order valence-corrected chi connectivity index (χ0v) is 17.8. The molecular formula is C26H24N2O3. The van der Waals surface area contributed by atoms with Gasteiger partial charge in [0.25, 0.3) is 11.8 Å². The average molecular weight is 412 g/mol. The highest BCUT2D eigenvalue weighted by atomic mass is 16.5. The highest BCUT2D eigenvalue weighted by molar-refractivity contribution is 6.46. The monoisotopic (exact) mass is 412 g/mol. The molecule has 0 fully saturated rings. The Hall–Kier alpha value is -3.86. The molecule has 2 amide bonds. The normalized spacial score (nSPS) is 13.7. The number of hydrogen-bond donors (Lipinski definition) is 1. The molecule has 0 aromatic heterocycles. The number of amides is 2. The zero-order valence-electron chi connectivity index (χ0n) is 17.8. The van der Waals surface area contributed by atoms with Gasteiger partial charge >= 0.3 is 0 Å². The van der Waals surface area contributed by atoms with E-state index in [4.69, 9.17) is 4.74 Å². The van der Waals surface area contributed by atoms with Gasteiger partial charge in [-0.2, -0.15) is 0 Å². The third-order valence-corrected chi connectivity index (χ3v) is 5.38. The lowest BCUT2D eigenvalue weighted by atomic mass is 10.0. The summed E-state index contributed by atoms with van der Waals surface area (Å²) < 4.78 is 5.41. The second-order valence-corrected chi connectivity index (χ2v) is 7.41. The van der Waals surface area contributed by atoms with Crippen molar-refractivity contribution in [2.24, 2.45) is 0 Å². The Kier molecular flexibility index (Phi) is 5.58. The minimum atomic E-state index is -0.412. The number of methoxy groups -OCH3 is 1. The maximum absolute atomic E-state index is 13.5. The predicted octanol–water partition coefficient (Wildman–Crippen LogP) is 4.96. The summed E-state index contributed by atoms with van der Waals surface area (Å²) in [4.78, 5) is 28.2. The fourth-order valence-electron chi connectivity index (χ4n) is 3.64. The summed E-state index contributed by atoms with van der Waals surface area (Å²) in [5.74, 6) is -0.336. The van der Waals surface area contributed by atoms with Crippen LogP contribution in [0.4, 0.5) is 11.4 Å². The number of imide groups is 1. The summed E-state index contributed by atoms with van der Waals surface area (Å²) in [6.07, 6.45) is 0.927. The number of para-hydroxylation sites is 2. The SMILES string of the molecule is CCc1ccc(NC2=C(c3ccc(C)cc3)C(=O)N(c3ccccc3OC)C2=O)cc1. The van der Waals surface area contributed by atoms with Gasteiger partial charge in [-0.05, 0) is 48.7 Å². The topological polar surface area (TPSA) is 58.6 Å². The summed E-state index contributed by atoms with van der Waals surface area (Å²) in [5.41, 5.74) is 4.73. The predicted molar refractivity (Wildman–Crippen MR) is 123 cm³/mol. The molecule has 1 N–H and O–H groups in total. The van der Waals surface area contributed by atoms with Crippen LogP contribution in [0.2, 0.25) is 0 Å². The molecule has 5 heteroatoms. The molecule has 0 unspecified atom stereocenters. The van der Waals surface area contributed by atoms with Gasteiger partial charge in [-0.25, -0.2) is 4.90 Å². The van der Waals surface area contributed by atoms with Gasteiger partial charge in [0.15, 0.2) is 0 Å². The molecule has 3 aromatic rings. The standard InChI is InChI=1S/C26H24N2O3/c1-4-18-11-15-20(16-12-18)27-24-23(19-13-9-17(2)10-14-19)25(29)28(26(24)30)21-7-5-6-8-22(21)31-3/h5-16,27H,4H2,1-3H3. The van der Waals surface area contributed by atoms with Crippen molar-refractivity contribution in [1.29, 1.82) is 0 Å². The fourth-order valence-corrected chi connectivity index (χ4v) is 3.64. The molecule has 0 saturated carbocycles.